The van der Waals surface area contributed by atoms with Gasteiger partial charge in [-0.1, -0.05) is 11.6 Å². The lowest BCUT2D eigenvalue weighted by Gasteiger charge is -2.13. The van der Waals surface area contributed by atoms with Gasteiger partial charge in [0.15, 0.2) is 0 Å². The maximum atomic E-state index is 13.4. The van der Waals surface area contributed by atoms with Gasteiger partial charge in [-0.25, -0.2) is 19.3 Å². The van der Waals surface area contributed by atoms with Crippen molar-refractivity contribution < 1.29 is 17.6 Å². The van der Waals surface area contributed by atoms with Crippen LogP contribution in [-0.2, 0) is 12.6 Å². The summed E-state index contributed by atoms with van der Waals surface area (Å²) >= 11 is 5.99. The molecular formula is C19H12ClF4N5. The summed E-state index contributed by atoms with van der Waals surface area (Å²) in [5.74, 6) is -0.878. The number of hydrogen-bond acceptors (Lipinski definition) is 4. The van der Waals surface area contributed by atoms with Gasteiger partial charge in [-0.15, -0.1) is 0 Å². The number of pyridine rings is 1. The van der Waals surface area contributed by atoms with Crippen LogP contribution in [0.1, 0.15) is 16.7 Å². The van der Waals surface area contributed by atoms with Crippen LogP contribution in [0.3, 0.4) is 0 Å². The molecule has 0 atom stereocenters. The van der Waals surface area contributed by atoms with Crippen molar-refractivity contribution in [2.75, 3.05) is 5.32 Å². The second kappa shape index (κ2) is 7.32. The fraction of sp³-hybridized carbons (Fsp3) is 0.105. The lowest BCUT2D eigenvalue weighted by atomic mass is 10.1. The molecule has 0 aliphatic heterocycles. The van der Waals surface area contributed by atoms with Gasteiger partial charge in [0.25, 0.3) is 0 Å². The third-order valence-electron chi connectivity index (χ3n) is 4.22. The summed E-state index contributed by atoms with van der Waals surface area (Å²) in [7, 11) is 0. The maximum Gasteiger partial charge on any atom is 0.418 e. The topological polar surface area (TPSA) is 66.5 Å². The molecule has 0 aliphatic carbocycles. The smallest absolute Gasteiger partial charge is 0.346 e. The normalized spacial score (nSPS) is 11.8. The van der Waals surface area contributed by atoms with E-state index in [2.05, 4.69) is 25.3 Å². The minimum absolute atomic E-state index is 0.0755. The van der Waals surface area contributed by atoms with Crippen LogP contribution in [0.2, 0.25) is 5.02 Å². The van der Waals surface area contributed by atoms with Gasteiger partial charge >= 0.3 is 6.18 Å². The van der Waals surface area contributed by atoms with E-state index in [9.17, 15) is 17.6 Å². The van der Waals surface area contributed by atoms with E-state index >= 15 is 0 Å². The number of aromatic nitrogens is 4. The predicted molar refractivity (Wildman–Crippen MR) is 101 cm³/mol. The second-order valence-electron chi connectivity index (χ2n) is 6.27. The van der Waals surface area contributed by atoms with Crippen LogP contribution in [-0.4, -0.2) is 19.9 Å². The number of benzene rings is 1. The molecule has 0 saturated heterocycles. The Morgan fingerprint density at radius 2 is 1.79 bits per heavy atom. The minimum Gasteiger partial charge on any atom is -0.346 e. The summed E-state index contributed by atoms with van der Waals surface area (Å²) in [6.45, 7) is 0. The lowest BCUT2D eigenvalue weighted by molar-refractivity contribution is -0.136. The number of rotatable bonds is 4. The average Bonchev–Trinajstić information content (AvgIpc) is 3.04. The third kappa shape index (κ3) is 4.14. The fourth-order valence-electron chi connectivity index (χ4n) is 2.90. The number of fused-ring (bicyclic) bond motifs is 1. The lowest BCUT2D eigenvalue weighted by Crippen LogP contribution is -2.10. The monoisotopic (exact) mass is 421 g/mol. The number of hydrogen-bond donors (Lipinski definition) is 2. The quantitative estimate of drug-likeness (QED) is 0.427. The van der Waals surface area contributed by atoms with Crippen molar-refractivity contribution in [3.63, 3.8) is 0 Å². The summed E-state index contributed by atoms with van der Waals surface area (Å²) in [6, 6.07) is 3.96. The summed E-state index contributed by atoms with van der Waals surface area (Å²) in [5, 5.41) is 3.79. The minimum atomic E-state index is -4.64. The first kappa shape index (κ1) is 19.1. The molecule has 0 spiro atoms. The Labute approximate surface area is 166 Å². The zero-order valence-corrected chi connectivity index (χ0v) is 15.3. The van der Waals surface area contributed by atoms with E-state index < -0.39 is 23.2 Å². The van der Waals surface area contributed by atoms with Crippen molar-refractivity contribution in [3.05, 3.63) is 76.6 Å². The Bertz CT molecular complexity index is 1170. The molecule has 0 radical (unpaired) electrons. The highest BCUT2D eigenvalue weighted by atomic mass is 35.5. The van der Waals surface area contributed by atoms with Crippen LogP contribution in [0.4, 0.5) is 29.2 Å². The molecular weight excluding hydrogens is 410 g/mol. The van der Waals surface area contributed by atoms with Crippen LogP contribution in [0.15, 0.2) is 49.1 Å². The molecule has 3 aromatic heterocycles. The average molecular weight is 422 g/mol. The van der Waals surface area contributed by atoms with Crippen LogP contribution in [0.25, 0.3) is 11.0 Å². The standard InChI is InChI=1S/C19H12ClF4N5/c20-12-4-14-11(8-25-17(14)26-9-12)3-10-6-27-18(28-7-10)29-16-5-13(21)1-2-15(16)19(22,23)24/h1-2,4-9H,3H2,(H,25,26)(H,27,28,29). The molecule has 0 aliphatic rings. The van der Waals surface area contributed by atoms with Gasteiger partial charge in [-0.3, -0.25) is 0 Å². The van der Waals surface area contributed by atoms with Gasteiger partial charge < -0.3 is 10.3 Å². The summed E-state index contributed by atoms with van der Waals surface area (Å²) in [5.41, 5.74) is 0.877. The van der Waals surface area contributed by atoms with Crippen molar-refractivity contribution in [1.82, 2.24) is 19.9 Å². The molecule has 2 N–H and O–H groups in total. The van der Waals surface area contributed by atoms with Crippen LogP contribution in [0.5, 0.6) is 0 Å². The van der Waals surface area contributed by atoms with Crippen LogP contribution >= 0.6 is 11.6 Å². The van der Waals surface area contributed by atoms with Crippen molar-refractivity contribution in [1.29, 1.82) is 0 Å². The van der Waals surface area contributed by atoms with Crippen LogP contribution < -0.4 is 5.32 Å². The second-order valence-corrected chi connectivity index (χ2v) is 6.70. The molecule has 0 unspecified atom stereocenters. The summed E-state index contributed by atoms with van der Waals surface area (Å²) in [6.07, 6.45) is 2.13. The Hall–Kier alpha value is -3.20. The Morgan fingerprint density at radius 1 is 1.03 bits per heavy atom. The van der Waals surface area contributed by atoms with Gasteiger partial charge in [0.1, 0.15) is 11.5 Å². The van der Waals surface area contributed by atoms with Gasteiger partial charge in [-0.05, 0) is 35.4 Å². The van der Waals surface area contributed by atoms with Gasteiger partial charge in [0.2, 0.25) is 5.95 Å². The van der Waals surface area contributed by atoms with Gasteiger partial charge in [-0.2, -0.15) is 13.2 Å². The van der Waals surface area contributed by atoms with Crippen molar-refractivity contribution in [3.8, 4) is 0 Å². The van der Waals surface area contributed by atoms with E-state index in [0.717, 1.165) is 28.6 Å². The molecule has 5 nitrogen and oxygen atoms in total. The third-order valence-corrected chi connectivity index (χ3v) is 4.42. The molecule has 0 saturated carbocycles. The molecule has 0 bridgehead atoms. The summed E-state index contributed by atoms with van der Waals surface area (Å²) in [4.78, 5) is 15.3. The first-order valence-electron chi connectivity index (χ1n) is 8.36. The van der Waals surface area contributed by atoms with Crippen LogP contribution in [0, 0.1) is 5.82 Å². The van der Waals surface area contributed by atoms with Gasteiger partial charge in [0, 0.05) is 36.6 Å². The highest BCUT2D eigenvalue weighted by Gasteiger charge is 2.33. The Kier molecular flexibility index (Phi) is 4.83. The first-order valence-corrected chi connectivity index (χ1v) is 8.73. The van der Waals surface area contributed by atoms with Gasteiger partial charge in [0.05, 0.1) is 16.3 Å². The first-order chi connectivity index (χ1) is 13.8. The molecule has 0 fully saturated rings. The van der Waals surface area contributed by atoms with E-state index in [1.165, 1.54) is 18.6 Å². The van der Waals surface area contributed by atoms with Crippen molar-refractivity contribution in [2.24, 2.45) is 0 Å². The zero-order valence-electron chi connectivity index (χ0n) is 14.6. The summed E-state index contributed by atoms with van der Waals surface area (Å²) < 4.78 is 52.7. The number of anilines is 2. The van der Waals surface area contributed by atoms with E-state index in [1.807, 2.05) is 0 Å². The molecule has 0 amide bonds. The number of halogens is 5. The van der Waals surface area contributed by atoms with Crippen molar-refractivity contribution >= 4 is 34.3 Å². The van der Waals surface area contributed by atoms with E-state index in [1.54, 1.807) is 12.3 Å². The largest absolute Gasteiger partial charge is 0.418 e. The molecule has 148 valence electrons. The number of alkyl halides is 3. The van der Waals surface area contributed by atoms with E-state index in [-0.39, 0.29) is 5.95 Å². The SMILES string of the molecule is Fc1ccc(C(F)(F)F)c(Nc2ncc(Cc3c[nH]c4ncc(Cl)cc34)cn2)c1. The Balaban J connectivity index is 1.56. The molecule has 29 heavy (non-hydrogen) atoms. The van der Waals surface area contributed by atoms with Crippen molar-refractivity contribution in [2.45, 2.75) is 12.6 Å². The van der Waals surface area contributed by atoms with E-state index in [0.29, 0.717) is 23.2 Å². The molecule has 4 aromatic rings. The fourth-order valence-corrected chi connectivity index (χ4v) is 3.05. The molecule has 4 rings (SSSR count). The highest BCUT2D eigenvalue weighted by molar-refractivity contribution is 6.31. The number of nitrogens with one attached hydrogen (secondary N) is 2. The molecule has 10 heteroatoms. The highest BCUT2D eigenvalue weighted by Crippen LogP contribution is 2.36. The molecule has 3 heterocycles. The zero-order chi connectivity index (χ0) is 20.6. The Morgan fingerprint density at radius 3 is 2.52 bits per heavy atom. The van der Waals surface area contributed by atoms with E-state index in [4.69, 9.17) is 11.6 Å². The molecule has 1 aromatic carbocycles. The maximum absolute atomic E-state index is 13.4. The number of aromatic amines is 1. The number of nitrogens with zero attached hydrogens (tertiary/aromatic N) is 3. The number of H-pyrrole nitrogens is 1. The predicted octanol–water partition coefficient (Wildman–Crippen LogP) is 5.50.